The molecule has 3 aromatic carbocycles. The van der Waals surface area contributed by atoms with Gasteiger partial charge in [-0.05, 0) is 42.5 Å². The summed E-state index contributed by atoms with van der Waals surface area (Å²) in [6, 6.07) is 26.7. The highest BCUT2D eigenvalue weighted by Gasteiger charge is 2.54. The third-order valence-electron chi connectivity index (χ3n) is 6.51. The van der Waals surface area contributed by atoms with E-state index in [4.69, 9.17) is 4.74 Å². The maximum atomic E-state index is 12.2. The van der Waals surface area contributed by atoms with E-state index in [9.17, 15) is 5.11 Å². The number of hydrogen-bond donors (Lipinski definition) is 1. The summed E-state index contributed by atoms with van der Waals surface area (Å²) in [5.41, 5.74) is 3.00. The fourth-order valence-electron chi connectivity index (χ4n) is 4.96. The van der Waals surface area contributed by atoms with Crippen molar-refractivity contribution in [2.24, 2.45) is 0 Å². The predicted octanol–water partition coefficient (Wildman–Crippen LogP) is 2.02. The van der Waals surface area contributed by atoms with Gasteiger partial charge in [0, 0.05) is 12.0 Å². The van der Waals surface area contributed by atoms with Gasteiger partial charge in [-0.25, -0.2) is 0 Å². The number of methoxy groups -OCH3 is 1. The van der Waals surface area contributed by atoms with E-state index in [0.717, 1.165) is 48.4 Å². The topological polar surface area (TPSA) is 35.7 Å². The number of rotatable bonds is 4. The number of amidine groups is 1. The molecule has 2 heterocycles. The Kier molecular flexibility index (Phi) is 6.68. The fraction of sp³-hybridized carbons (Fsp3) is 0.296. The Bertz CT molecular complexity index is 1100. The molecule has 0 spiro atoms. The van der Waals surface area contributed by atoms with Gasteiger partial charge < -0.3 is 26.8 Å². The van der Waals surface area contributed by atoms with Crippen LogP contribution in [0.5, 0.6) is 5.75 Å². The molecule has 0 fully saturated rings. The zero-order valence-electron chi connectivity index (χ0n) is 18.4. The van der Waals surface area contributed by atoms with Crippen LogP contribution in [0.2, 0.25) is 0 Å². The molecule has 2 aliphatic heterocycles. The summed E-state index contributed by atoms with van der Waals surface area (Å²) < 4.78 is 8.06. The lowest BCUT2D eigenvalue weighted by Crippen LogP contribution is -3.00. The highest BCUT2D eigenvalue weighted by Crippen LogP contribution is 2.42. The van der Waals surface area contributed by atoms with Crippen molar-refractivity contribution >= 4 is 11.5 Å². The Morgan fingerprint density at radius 1 is 0.844 bits per heavy atom. The van der Waals surface area contributed by atoms with Crippen LogP contribution in [0.3, 0.4) is 0 Å². The second kappa shape index (κ2) is 9.47. The summed E-state index contributed by atoms with van der Waals surface area (Å²) in [7, 11) is 1.69. The molecule has 0 bridgehead atoms. The van der Waals surface area contributed by atoms with Crippen LogP contribution < -0.4 is 26.6 Å². The quantitative estimate of drug-likeness (QED) is 0.566. The minimum absolute atomic E-state index is 0. The van der Waals surface area contributed by atoms with Gasteiger partial charge in [-0.1, -0.05) is 66.7 Å². The molecule has 0 aliphatic carbocycles. The van der Waals surface area contributed by atoms with Crippen molar-refractivity contribution in [3.63, 3.8) is 0 Å². The number of ether oxygens (including phenoxy) is 1. The van der Waals surface area contributed by atoms with Crippen LogP contribution in [0.25, 0.3) is 11.1 Å². The maximum Gasteiger partial charge on any atom is 0.275 e. The molecule has 2 aliphatic rings. The van der Waals surface area contributed by atoms with E-state index in [-0.39, 0.29) is 17.0 Å². The second-order valence-electron chi connectivity index (χ2n) is 8.42. The van der Waals surface area contributed by atoms with Crippen LogP contribution in [-0.2, 0) is 5.72 Å². The first kappa shape index (κ1) is 22.6. The highest BCUT2D eigenvalue weighted by molar-refractivity contribution is 5.98. The second-order valence-corrected chi connectivity index (χ2v) is 8.42. The number of anilines is 1. The van der Waals surface area contributed by atoms with Crippen molar-refractivity contribution < 1.29 is 31.4 Å². The Labute approximate surface area is 200 Å². The number of nitrogens with zero attached hydrogens (tertiary/aromatic N) is 2. The maximum absolute atomic E-state index is 12.2. The lowest BCUT2D eigenvalue weighted by Gasteiger charge is -2.30. The predicted molar refractivity (Wildman–Crippen MR) is 125 cm³/mol. The molecule has 5 heteroatoms. The van der Waals surface area contributed by atoms with Gasteiger partial charge in [-0.15, -0.1) is 0 Å². The molecule has 0 saturated heterocycles. The van der Waals surface area contributed by atoms with E-state index < -0.39 is 5.72 Å². The van der Waals surface area contributed by atoms with E-state index in [1.165, 1.54) is 17.8 Å². The van der Waals surface area contributed by atoms with Crippen molar-refractivity contribution in [3.05, 3.63) is 84.4 Å². The van der Waals surface area contributed by atoms with Crippen molar-refractivity contribution in [1.82, 2.24) is 0 Å². The molecule has 0 amide bonds. The van der Waals surface area contributed by atoms with Crippen molar-refractivity contribution in [2.45, 2.75) is 31.4 Å². The average molecular weight is 493 g/mol. The molecular weight excluding hydrogens is 464 g/mol. The number of benzene rings is 3. The molecule has 0 saturated carbocycles. The molecule has 0 aromatic heterocycles. The van der Waals surface area contributed by atoms with Crippen LogP contribution in [0, 0.1) is 0 Å². The van der Waals surface area contributed by atoms with Crippen molar-refractivity contribution in [2.75, 3.05) is 25.1 Å². The molecule has 5 rings (SSSR count). The van der Waals surface area contributed by atoms with E-state index in [2.05, 4.69) is 58.0 Å². The molecule has 0 radical (unpaired) electrons. The van der Waals surface area contributed by atoms with E-state index in [1.54, 1.807) is 7.11 Å². The van der Waals surface area contributed by atoms with Gasteiger partial charge in [-0.2, -0.15) is 4.90 Å². The normalized spacial score (nSPS) is 20.4. The first-order valence-electron chi connectivity index (χ1n) is 11.1. The lowest BCUT2D eigenvalue weighted by atomic mass is 9.96. The third kappa shape index (κ3) is 3.96. The molecule has 4 nitrogen and oxygen atoms in total. The number of para-hydroxylation sites is 2. The zero-order valence-corrected chi connectivity index (χ0v) is 20.0. The molecule has 1 unspecified atom stereocenters. The molecule has 3 aromatic rings. The molecular formula is C27H29BrN2O2. The van der Waals surface area contributed by atoms with Crippen molar-refractivity contribution in [3.8, 4) is 16.9 Å². The standard InChI is InChI=1S/C27H29N2O2.BrH/c1-31-25-13-8-7-12-24(25)29-26-14-6-3-9-19-28(26)20-27(29,30)23-17-15-22(16-18-23)21-10-4-2-5-11-21;/h2,4-5,7-8,10-13,15-18,30H,3,6,9,14,19-20H2,1H3;1H/q+1;/p-1. The molecule has 166 valence electrons. The van der Waals surface area contributed by atoms with Crippen LogP contribution in [0.1, 0.15) is 31.2 Å². The Balaban J connectivity index is 0.00000245. The van der Waals surface area contributed by atoms with Gasteiger partial charge in [0.2, 0.25) is 0 Å². The van der Waals surface area contributed by atoms with E-state index in [0.29, 0.717) is 6.54 Å². The summed E-state index contributed by atoms with van der Waals surface area (Å²) in [5.74, 6) is 1.97. The summed E-state index contributed by atoms with van der Waals surface area (Å²) in [6.45, 7) is 1.54. The van der Waals surface area contributed by atoms with Crippen molar-refractivity contribution in [1.29, 1.82) is 0 Å². The van der Waals surface area contributed by atoms with Crippen LogP contribution >= 0.6 is 0 Å². The van der Waals surface area contributed by atoms with Gasteiger partial charge in [0.25, 0.3) is 11.6 Å². The van der Waals surface area contributed by atoms with Gasteiger partial charge in [0.05, 0.1) is 13.7 Å². The molecule has 1 N–H and O–H groups in total. The summed E-state index contributed by atoms with van der Waals surface area (Å²) in [4.78, 5) is 2.12. The fourth-order valence-corrected chi connectivity index (χ4v) is 4.96. The highest BCUT2D eigenvalue weighted by atomic mass is 79.9. The van der Waals surface area contributed by atoms with Gasteiger partial charge >= 0.3 is 0 Å². The molecule has 32 heavy (non-hydrogen) atoms. The first-order chi connectivity index (χ1) is 15.2. The zero-order chi connectivity index (χ0) is 21.3. The number of aliphatic hydroxyl groups is 1. The smallest absolute Gasteiger partial charge is 0.275 e. The Hall–Kier alpha value is -2.63. The van der Waals surface area contributed by atoms with E-state index in [1.807, 2.05) is 30.3 Å². The summed E-state index contributed by atoms with van der Waals surface area (Å²) in [5, 5.41) is 12.2. The van der Waals surface area contributed by atoms with Crippen LogP contribution in [0.4, 0.5) is 5.69 Å². The van der Waals surface area contributed by atoms with Gasteiger partial charge in [0.1, 0.15) is 0 Å². The largest absolute Gasteiger partial charge is 1.00 e. The SMILES string of the molecule is COc1ccccc1N1C2=[N+](CCCCC2)CC1(O)c1ccc(-c2ccccc2)cc1.[Br-]. The minimum atomic E-state index is -1.14. The summed E-state index contributed by atoms with van der Waals surface area (Å²) >= 11 is 0. The Morgan fingerprint density at radius 2 is 1.53 bits per heavy atom. The Morgan fingerprint density at radius 3 is 2.28 bits per heavy atom. The van der Waals surface area contributed by atoms with Gasteiger partial charge in [0.15, 0.2) is 18.0 Å². The minimum Gasteiger partial charge on any atom is -1.00 e. The number of hydrogen-bond acceptors (Lipinski definition) is 3. The average Bonchev–Trinajstić information content (AvgIpc) is 2.95. The lowest BCUT2D eigenvalue weighted by molar-refractivity contribution is -0.534. The van der Waals surface area contributed by atoms with Crippen LogP contribution in [-0.4, -0.2) is 35.7 Å². The molecule has 1 atom stereocenters. The van der Waals surface area contributed by atoms with Gasteiger partial charge in [-0.3, -0.25) is 4.58 Å². The first-order valence-corrected chi connectivity index (χ1v) is 11.1. The monoisotopic (exact) mass is 492 g/mol. The summed E-state index contributed by atoms with van der Waals surface area (Å²) in [6.07, 6.45) is 4.49. The third-order valence-corrected chi connectivity index (χ3v) is 6.51. The van der Waals surface area contributed by atoms with Crippen LogP contribution in [0.15, 0.2) is 78.9 Å². The number of halogens is 1. The van der Waals surface area contributed by atoms with E-state index >= 15 is 0 Å².